The number of allylic oxidation sites excluding steroid dienone is 1. The zero-order valence-corrected chi connectivity index (χ0v) is 9.93. The molecule has 1 aliphatic carbocycles. The van der Waals surface area contributed by atoms with Crippen molar-refractivity contribution >= 4 is 11.9 Å². The van der Waals surface area contributed by atoms with E-state index in [4.69, 9.17) is 9.99 Å². The van der Waals surface area contributed by atoms with E-state index in [9.17, 15) is 9.59 Å². The Labute approximate surface area is 100 Å². The summed E-state index contributed by atoms with van der Waals surface area (Å²) in [6.45, 7) is 2.37. The molecule has 1 aliphatic rings. The fraction of sp³-hybridized carbons (Fsp3) is 0.667. The van der Waals surface area contributed by atoms with Crippen LogP contribution in [0.1, 0.15) is 32.6 Å². The van der Waals surface area contributed by atoms with Crippen molar-refractivity contribution in [1.82, 2.24) is 0 Å². The lowest BCUT2D eigenvalue weighted by Crippen LogP contribution is -2.32. The minimum atomic E-state index is -0.807. The first-order valence-corrected chi connectivity index (χ1v) is 5.89. The number of esters is 1. The first kappa shape index (κ1) is 13.7. The number of rotatable bonds is 5. The van der Waals surface area contributed by atoms with Gasteiger partial charge < -0.3 is 9.62 Å². The summed E-state index contributed by atoms with van der Waals surface area (Å²) in [5.74, 6) is -2.48. The molecular formula is C12H18O5. The van der Waals surface area contributed by atoms with Crippen molar-refractivity contribution in [3.8, 4) is 0 Å². The Kier molecular flexibility index (Phi) is 5.69. The van der Waals surface area contributed by atoms with Crippen molar-refractivity contribution in [2.45, 2.75) is 32.6 Å². The fourth-order valence-electron chi connectivity index (χ4n) is 1.82. The van der Waals surface area contributed by atoms with E-state index in [-0.39, 0.29) is 0 Å². The maximum absolute atomic E-state index is 11.8. The largest absolute Gasteiger partial charge is 0.465 e. The van der Waals surface area contributed by atoms with Gasteiger partial charge in [0.2, 0.25) is 0 Å². The van der Waals surface area contributed by atoms with Gasteiger partial charge in [-0.15, -0.1) is 0 Å². The third-order valence-electron chi connectivity index (χ3n) is 2.83. The molecule has 0 spiro atoms. The average molecular weight is 242 g/mol. The lowest BCUT2D eigenvalue weighted by atomic mass is 9.84. The zero-order valence-electron chi connectivity index (χ0n) is 9.93. The highest BCUT2D eigenvalue weighted by Gasteiger charge is 2.35. The highest BCUT2D eigenvalue weighted by molar-refractivity contribution is 5.83. The monoisotopic (exact) mass is 242 g/mol. The second-order valence-corrected chi connectivity index (χ2v) is 4.07. The Bertz CT molecular complexity index is 297. The van der Waals surface area contributed by atoms with Crippen molar-refractivity contribution < 1.29 is 24.5 Å². The van der Waals surface area contributed by atoms with Crippen LogP contribution in [0, 0.1) is 11.8 Å². The molecule has 5 heteroatoms. The molecule has 0 aromatic heterocycles. The van der Waals surface area contributed by atoms with Crippen LogP contribution in [0.5, 0.6) is 0 Å². The molecule has 1 N–H and O–H groups in total. The van der Waals surface area contributed by atoms with Crippen LogP contribution < -0.4 is 0 Å². The van der Waals surface area contributed by atoms with E-state index in [1.54, 1.807) is 12.2 Å². The minimum absolute atomic E-state index is 0.371. The molecule has 0 bridgehead atoms. The van der Waals surface area contributed by atoms with Crippen molar-refractivity contribution in [3.05, 3.63) is 12.2 Å². The summed E-state index contributed by atoms with van der Waals surface area (Å²) in [5, 5.41) is 8.37. The van der Waals surface area contributed by atoms with Crippen LogP contribution in [0.2, 0.25) is 0 Å². The van der Waals surface area contributed by atoms with Gasteiger partial charge in [0.25, 0.3) is 0 Å². The second kappa shape index (κ2) is 7.06. The number of carbonyl (C=O) groups is 2. The molecule has 0 aromatic rings. The molecule has 2 atom stereocenters. The Morgan fingerprint density at radius 3 is 2.82 bits per heavy atom. The van der Waals surface area contributed by atoms with E-state index in [0.717, 1.165) is 19.3 Å². The van der Waals surface area contributed by atoms with Gasteiger partial charge in [-0.3, -0.25) is 4.79 Å². The Morgan fingerprint density at radius 2 is 2.18 bits per heavy atom. The number of unbranched alkanes of at least 4 members (excludes halogenated alkanes) is 1. The van der Waals surface area contributed by atoms with Gasteiger partial charge in [0.05, 0.1) is 18.4 Å². The predicted octanol–water partition coefficient (Wildman–Crippen LogP) is 1.93. The molecule has 96 valence electrons. The van der Waals surface area contributed by atoms with Crippen molar-refractivity contribution in [1.29, 1.82) is 0 Å². The summed E-state index contributed by atoms with van der Waals surface area (Å²) in [5.41, 5.74) is 0. The molecule has 2 unspecified atom stereocenters. The molecule has 0 saturated heterocycles. The normalized spacial score (nSPS) is 23.2. The highest BCUT2D eigenvalue weighted by atomic mass is 17.1. The van der Waals surface area contributed by atoms with Crippen LogP contribution in [0.3, 0.4) is 0 Å². The summed E-state index contributed by atoms with van der Waals surface area (Å²) in [6.07, 6.45) is 6.42. The van der Waals surface area contributed by atoms with Gasteiger partial charge in [-0.05, 0) is 19.3 Å². The molecule has 0 radical (unpaired) electrons. The van der Waals surface area contributed by atoms with Gasteiger partial charge >= 0.3 is 11.9 Å². The Balaban J connectivity index is 2.57. The van der Waals surface area contributed by atoms with E-state index < -0.39 is 23.8 Å². The van der Waals surface area contributed by atoms with Crippen molar-refractivity contribution in [3.63, 3.8) is 0 Å². The fourth-order valence-corrected chi connectivity index (χ4v) is 1.82. The van der Waals surface area contributed by atoms with E-state index in [1.807, 2.05) is 6.92 Å². The summed E-state index contributed by atoms with van der Waals surface area (Å²) < 4.78 is 5.08. The molecule has 0 saturated carbocycles. The molecule has 5 nitrogen and oxygen atoms in total. The second-order valence-electron chi connectivity index (χ2n) is 4.07. The quantitative estimate of drug-likeness (QED) is 0.262. The van der Waals surface area contributed by atoms with Gasteiger partial charge in [0.1, 0.15) is 0 Å². The third kappa shape index (κ3) is 3.85. The maximum atomic E-state index is 11.8. The topological polar surface area (TPSA) is 72.8 Å². The standard InChI is InChI=1S/C12H18O5/c1-2-3-8-16-11(13)9-6-4-5-7-10(9)12(14)17-15/h5,7,9-10,15H,2-4,6,8H2,1H3. The van der Waals surface area contributed by atoms with Crippen molar-refractivity contribution in [2.75, 3.05) is 6.61 Å². The summed E-state index contributed by atoms with van der Waals surface area (Å²) >= 11 is 0. The van der Waals surface area contributed by atoms with Gasteiger partial charge in [-0.2, -0.15) is 5.26 Å². The molecule has 0 heterocycles. The van der Waals surface area contributed by atoms with Crippen LogP contribution in [0.4, 0.5) is 0 Å². The van der Waals surface area contributed by atoms with Crippen molar-refractivity contribution in [2.24, 2.45) is 11.8 Å². The first-order valence-electron chi connectivity index (χ1n) is 5.89. The number of ether oxygens (including phenoxy) is 1. The third-order valence-corrected chi connectivity index (χ3v) is 2.83. The summed E-state index contributed by atoms with van der Waals surface area (Å²) in [6, 6.07) is 0. The Morgan fingerprint density at radius 1 is 1.41 bits per heavy atom. The molecule has 0 aliphatic heterocycles. The van der Waals surface area contributed by atoms with Gasteiger partial charge in [0, 0.05) is 0 Å². The van der Waals surface area contributed by atoms with Gasteiger partial charge in [-0.25, -0.2) is 4.79 Å². The molecule has 0 aromatic carbocycles. The number of hydrogen-bond acceptors (Lipinski definition) is 5. The first-order chi connectivity index (χ1) is 8.20. The SMILES string of the molecule is CCCCOC(=O)C1CCC=CC1C(=O)OO. The van der Waals surface area contributed by atoms with Crippen LogP contribution in [0.15, 0.2) is 12.2 Å². The molecular weight excluding hydrogens is 224 g/mol. The highest BCUT2D eigenvalue weighted by Crippen LogP contribution is 2.27. The lowest BCUT2D eigenvalue weighted by Gasteiger charge is -2.23. The van der Waals surface area contributed by atoms with E-state index in [1.165, 1.54) is 0 Å². The van der Waals surface area contributed by atoms with Crippen LogP contribution in [-0.2, 0) is 19.2 Å². The lowest BCUT2D eigenvalue weighted by molar-refractivity contribution is -0.239. The molecule has 0 fully saturated rings. The molecule has 1 rings (SSSR count). The summed E-state index contributed by atoms with van der Waals surface area (Å²) in [4.78, 5) is 26.7. The smallest absolute Gasteiger partial charge is 0.349 e. The van der Waals surface area contributed by atoms with Crippen LogP contribution in [0.25, 0.3) is 0 Å². The van der Waals surface area contributed by atoms with Crippen LogP contribution in [-0.4, -0.2) is 23.8 Å². The van der Waals surface area contributed by atoms with E-state index in [2.05, 4.69) is 4.89 Å². The number of carbonyl (C=O) groups excluding carboxylic acids is 2. The van der Waals surface area contributed by atoms with Gasteiger partial charge in [-0.1, -0.05) is 25.5 Å². The average Bonchev–Trinajstić information content (AvgIpc) is 2.38. The Hall–Kier alpha value is -1.36. The maximum Gasteiger partial charge on any atom is 0.349 e. The molecule has 17 heavy (non-hydrogen) atoms. The van der Waals surface area contributed by atoms with E-state index >= 15 is 0 Å². The van der Waals surface area contributed by atoms with Crippen LogP contribution >= 0.6 is 0 Å². The zero-order chi connectivity index (χ0) is 12.7. The van der Waals surface area contributed by atoms with Gasteiger partial charge in [0.15, 0.2) is 0 Å². The van der Waals surface area contributed by atoms with E-state index in [0.29, 0.717) is 13.0 Å². The number of hydrogen-bond donors (Lipinski definition) is 1. The molecule has 0 amide bonds. The minimum Gasteiger partial charge on any atom is -0.465 e. The summed E-state index contributed by atoms with van der Waals surface area (Å²) in [7, 11) is 0. The predicted molar refractivity (Wildman–Crippen MR) is 59.9 cm³/mol.